The van der Waals surface area contributed by atoms with E-state index < -0.39 is 10.0 Å². The molecule has 2 aromatic rings. The van der Waals surface area contributed by atoms with Crippen LogP contribution in [0.25, 0.3) is 10.9 Å². The van der Waals surface area contributed by atoms with Crippen LogP contribution in [-0.2, 0) is 14.8 Å². The Kier molecular flexibility index (Phi) is 3.75. The Hall–Kier alpha value is -1.77. The Morgan fingerprint density at radius 2 is 2.18 bits per heavy atom. The van der Waals surface area contributed by atoms with Gasteiger partial charge in [-0.2, -0.15) is 0 Å². The zero-order valence-corrected chi connectivity index (χ0v) is 13.0. The van der Waals surface area contributed by atoms with E-state index in [0.29, 0.717) is 15.9 Å². The number of nitrogens with zero attached hydrogens (tertiary/aromatic N) is 3. The molecule has 0 radical (unpaired) electrons. The maximum Gasteiger partial charge on any atom is 0.232 e. The number of nitrogens with two attached hydrogens (primary N) is 1. The van der Waals surface area contributed by atoms with Gasteiger partial charge in [0.05, 0.1) is 16.3 Å². The third-order valence-electron chi connectivity index (χ3n) is 3.47. The van der Waals surface area contributed by atoms with E-state index in [0.717, 1.165) is 0 Å². The molecular weight excluding hydrogens is 328 g/mol. The normalized spacial score (nSPS) is 19.1. The number of anilines is 1. The van der Waals surface area contributed by atoms with E-state index in [1.807, 2.05) is 0 Å². The van der Waals surface area contributed by atoms with Gasteiger partial charge in [0.25, 0.3) is 0 Å². The summed E-state index contributed by atoms with van der Waals surface area (Å²) in [5, 5.41) is 6.26. The predicted octanol–water partition coefficient (Wildman–Crippen LogP) is 0.925. The molecule has 0 bridgehead atoms. The zero-order valence-electron chi connectivity index (χ0n) is 11.4. The van der Waals surface area contributed by atoms with Crippen molar-refractivity contribution in [2.75, 3.05) is 17.2 Å². The van der Waals surface area contributed by atoms with Crippen molar-refractivity contribution in [2.45, 2.75) is 6.42 Å². The highest BCUT2D eigenvalue weighted by Gasteiger charge is 2.34. The van der Waals surface area contributed by atoms with E-state index in [2.05, 4.69) is 9.97 Å². The van der Waals surface area contributed by atoms with Crippen molar-refractivity contribution >= 4 is 44.4 Å². The highest BCUT2D eigenvalue weighted by molar-refractivity contribution is 7.89. The standard InChI is InChI=1S/C13H13ClN4O3S/c14-10-2-1-3-11-9(10)5-16-13(17-11)18-6-8(4-12(18)19)7-22(15,20)21/h1-3,5,8H,4,6-7H2,(H2,15,20,21). The van der Waals surface area contributed by atoms with Crippen molar-refractivity contribution in [3.8, 4) is 0 Å². The van der Waals surface area contributed by atoms with Crippen LogP contribution in [-0.4, -0.2) is 36.6 Å². The number of aromatic nitrogens is 2. The fourth-order valence-corrected chi connectivity index (χ4v) is 3.65. The maximum absolute atomic E-state index is 12.1. The van der Waals surface area contributed by atoms with Gasteiger partial charge in [0.15, 0.2) is 0 Å². The van der Waals surface area contributed by atoms with Crippen LogP contribution in [0.2, 0.25) is 5.02 Å². The Morgan fingerprint density at radius 3 is 2.91 bits per heavy atom. The third-order valence-corrected chi connectivity index (χ3v) is 4.74. The summed E-state index contributed by atoms with van der Waals surface area (Å²) in [6.07, 6.45) is 1.67. The molecule has 1 atom stereocenters. The second-order valence-corrected chi connectivity index (χ2v) is 7.31. The van der Waals surface area contributed by atoms with Crippen LogP contribution in [0.1, 0.15) is 6.42 Å². The molecule has 1 aromatic carbocycles. The minimum absolute atomic E-state index is 0.118. The van der Waals surface area contributed by atoms with Gasteiger partial charge in [-0.3, -0.25) is 9.69 Å². The summed E-state index contributed by atoms with van der Waals surface area (Å²) in [6, 6.07) is 5.27. The van der Waals surface area contributed by atoms with E-state index in [9.17, 15) is 13.2 Å². The molecule has 116 valence electrons. The van der Waals surface area contributed by atoms with Gasteiger partial charge in [0, 0.05) is 30.5 Å². The molecule has 1 aliphatic heterocycles. The molecule has 0 spiro atoms. The topological polar surface area (TPSA) is 106 Å². The molecule has 22 heavy (non-hydrogen) atoms. The smallest absolute Gasteiger partial charge is 0.232 e. The number of primary sulfonamides is 1. The molecular formula is C13H13ClN4O3S. The third kappa shape index (κ3) is 3.03. The highest BCUT2D eigenvalue weighted by atomic mass is 35.5. The van der Waals surface area contributed by atoms with Crippen molar-refractivity contribution in [1.29, 1.82) is 0 Å². The molecule has 2 heterocycles. The van der Waals surface area contributed by atoms with E-state index in [-0.39, 0.29) is 36.5 Å². The van der Waals surface area contributed by atoms with Crippen LogP contribution in [0.4, 0.5) is 5.95 Å². The summed E-state index contributed by atoms with van der Waals surface area (Å²) >= 11 is 6.05. The molecule has 2 N–H and O–H groups in total. The SMILES string of the molecule is NS(=O)(=O)CC1CC(=O)N(c2ncc3c(Cl)cccc3n2)C1. The fourth-order valence-electron chi connectivity index (χ4n) is 2.55. The fraction of sp³-hybridized carbons (Fsp3) is 0.308. The predicted molar refractivity (Wildman–Crippen MR) is 83.0 cm³/mol. The quantitative estimate of drug-likeness (QED) is 0.894. The van der Waals surface area contributed by atoms with Crippen LogP contribution in [0, 0.1) is 5.92 Å². The van der Waals surface area contributed by atoms with Gasteiger partial charge >= 0.3 is 0 Å². The van der Waals surface area contributed by atoms with Crippen molar-refractivity contribution in [3.05, 3.63) is 29.4 Å². The van der Waals surface area contributed by atoms with Gasteiger partial charge in [-0.15, -0.1) is 0 Å². The average molecular weight is 341 g/mol. The maximum atomic E-state index is 12.1. The number of amides is 1. The largest absolute Gasteiger partial charge is 0.280 e. The first-order valence-corrected chi connectivity index (χ1v) is 8.65. The van der Waals surface area contributed by atoms with E-state index >= 15 is 0 Å². The second-order valence-electron chi connectivity index (χ2n) is 5.25. The summed E-state index contributed by atoms with van der Waals surface area (Å²) in [4.78, 5) is 21.9. The molecule has 1 saturated heterocycles. The molecule has 9 heteroatoms. The highest BCUT2D eigenvalue weighted by Crippen LogP contribution is 2.26. The number of benzene rings is 1. The molecule has 7 nitrogen and oxygen atoms in total. The van der Waals surface area contributed by atoms with E-state index in [4.69, 9.17) is 16.7 Å². The number of carbonyl (C=O) groups excluding carboxylic acids is 1. The van der Waals surface area contributed by atoms with Crippen LogP contribution in [0.15, 0.2) is 24.4 Å². The Balaban J connectivity index is 1.90. The van der Waals surface area contributed by atoms with Crippen molar-refractivity contribution < 1.29 is 13.2 Å². The molecule has 1 aromatic heterocycles. The molecule has 1 aliphatic rings. The first kappa shape index (κ1) is 15.1. The average Bonchev–Trinajstić information content (AvgIpc) is 2.77. The summed E-state index contributed by atoms with van der Waals surface area (Å²) in [7, 11) is -3.61. The Bertz CT molecular complexity index is 855. The minimum atomic E-state index is -3.61. The van der Waals surface area contributed by atoms with Gasteiger partial charge in [-0.25, -0.2) is 23.5 Å². The van der Waals surface area contributed by atoms with Gasteiger partial charge in [-0.05, 0) is 12.1 Å². The zero-order chi connectivity index (χ0) is 15.9. The van der Waals surface area contributed by atoms with Crippen LogP contribution >= 0.6 is 11.6 Å². The lowest BCUT2D eigenvalue weighted by Crippen LogP contribution is -2.28. The van der Waals surface area contributed by atoms with Gasteiger partial charge in [-0.1, -0.05) is 17.7 Å². The van der Waals surface area contributed by atoms with E-state index in [1.165, 1.54) is 4.90 Å². The Labute approximate surface area is 132 Å². The van der Waals surface area contributed by atoms with Crippen molar-refractivity contribution in [3.63, 3.8) is 0 Å². The summed E-state index contributed by atoms with van der Waals surface area (Å²) < 4.78 is 22.3. The number of fused-ring (bicyclic) bond motifs is 1. The van der Waals surface area contributed by atoms with Gasteiger partial charge in [0.1, 0.15) is 0 Å². The number of carbonyl (C=O) groups is 1. The molecule has 3 rings (SSSR count). The summed E-state index contributed by atoms with van der Waals surface area (Å²) in [6.45, 7) is 0.237. The van der Waals surface area contributed by atoms with Crippen LogP contribution in [0.3, 0.4) is 0 Å². The lowest BCUT2D eigenvalue weighted by molar-refractivity contribution is -0.117. The first-order chi connectivity index (χ1) is 10.3. The lowest BCUT2D eigenvalue weighted by Gasteiger charge is -2.14. The van der Waals surface area contributed by atoms with Gasteiger partial charge < -0.3 is 0 Å². The number of hydrogen-bond donors (Lipinski definition) is 1. The van der Waals surface area contributed by atoms with Crippen LogP contribution in [0.5, 0.6) is 0 Å². The summed E-state index contributed by atoms with van der Waals surface area (Å²) in [5.41, 5.74) is 0.625. The molecule has 1 amide bonds. The lowest BCUT2D eigenvalue weighted by atomic mass is 10.1. The number of rotatable bonds is 3. The molecule has 1 unspecified atom stereocenters. The van der Waals surface area contributed by atoms with Crippen molar-refractivity contribution in [2.24, 2.45) is 11.1 Å². The first-order valence-electron chi connectivity index (χ1n) is 6.55. The van der Waals surface area contributed by atoms with Gasteiger partial charge in [0.2, 0.25) is 21.9 Å². The van der Waals surface area contributed by atoms with E-state index in [1.54, 1.807) is 24.4 Å². The van der Waals surface area contributed by atoms with Crippen LogP contribution < -0.4 is 10.0 Å². The molecule has 0 aliphatic carbocycles. The summed E-state index contributed by atoms with van der Waals surface area (Å²) in [5.74, 6) is -0.540. The number of sulfonamides is 1. The molecule has 0 saturated carbocycles. The Morgan fingerprint density at radius 1 is 1.41 bits per heavy atom. The number of halogens is 1. The minimum Gasteiger partial charge on any atom is -0.280 e. The van der Waals surface area contributed by atoms with Crippen molar-refractivity contribution in [1.82, 2.24) is 9.97 Å². The second kappa shape index (κ2) is 5.45. The monoisotopic (exact) mass is 340 g/mol. The number of hydrogen-bond acceptors (Lipinski definition) is 5. The molecule has 1 fully saturated rings.